The molecule has 3 rings (SSSR count). The lowest BCUT2D eigenvalue weighted by Gasteiger charge is -2.26. The van der Waals surface area contributed by atoms with Gasteiger partial charge in [0, 0.05) is 12.5 Å². The van der Waals surface area contributed by atoms with Crippen molar-refractivity contribution in [3.63, 3.8) is 0 Å². The summed E-state index contributed by atoms with van der Waals surface area (Å²) in [6, 6.07) is 7.47. The van der Waals surface area contributed by atoms with Crippen LogP contribution >= 0.6 is 0 Å². The highest BCUT2D eigenvalue weighted by Gasteiger charge is 2.25. The predicted octanol–water partition coefficient (Wildman–Crippen LogP) is 4.71. The number of para-hydroxylation sites is 1. The van der Waals surface area contributed by atoms with Crippen molar-refractivity contribution in [1.29, 1.82) is 0 Å². The summed E-state index contributed by atoms with van der Waals surface area (Å²) in [6.45, 7) is 1.98. The van der Waals surface area contributed by atoms with E-state index in [2.05, 4.69) is 0 Å². The molecule has 1 aliphatic carbocycles. The molecule has 1 atom stereocenters. The van der Waals surface area contributed by atoms with Crippen LogP contribution in [0.25, 0.3) is 0 Å². The van der Waals surface area contributed by atoms with Gasteiger partial charge in [0.05, 0.1) is 5.69 Å². The van der Waals surface area contributed by atoms with E-state index in [1.165, 1.54) is 6.07 Å². The highest BCUT2D eigenvalue weighted by molar-refractivity contribution is 5.98. The number of amides is 2. The Morgan fingerprint density at radius 2 is 1.96 bits per heavy atom. The fourth-order valence-corrected chi connectivity index (χ4v) is 3.57. The van der Waals surface area contributed by atoms with E-state index in [4.69, 9.17) is 5.73 Å². The molecule has 1 unspecified atom stereocenters. The zero-order valence-corrected chi connectivity index (χ0v) is 15.5. The number of nitrogens with zero attached hydrogens (tertiary/aromatic N) is 1. The molecule has 1 aliphatic rings. The largest absolute Gasteiger partial charge is 0.396 e. The number of carbonyl (C=O) groups excluding carboxylic acids is 1. The Morgan fingerprint density at radius 3 is 2.57 bits per heavy atom. The van der Waals surface area contributed by atoms with E-state index in [-0.39, 0.29) is 18.2 Å². The Labute approximate surface area is 162 Å². The smallest absolute Gasteiger partial charge is 0.324 e. The summed E-state index contributed by atoms with van der Waals surface area (Å²) in [5.41, 5.74) is 8.19. The number of hydrogen-bond donors (Lipinski definition) is 2. The molecule has 4 nitrogen and oxygen atoms in total. The lowest BCUT2D eigenvalue weighted by atomic mass is 9.83. The van der Waals surface area contributed by atoms with Crippen LogP contribution in [0.2, 0.25) is 0 Å². The van der Waals surface area contributed by atoms with Gasteiger partial charge in [-0.05, 0) is 55.2 Å². The molecule has 0 aromatic heterocycles. The van der Waals surface area contributed by atoms with Crippen LogP contribution < -0.4 is 10.6 Å². The van der Waals surface area contributed by atoms with Crippen LogP contribution in [-0.4, -0.2) is 17.7 Å². The average Bonchev–Trinajstić information content (AvgIpc) is 2.66. The Hall–Kier alpha value is -2.99. The van der Waals surface area contributed by atoms with Crippen molar-refractivity contribution in [2.24, 2.45) is 5.73 Å². The van der Waals surface area contributed by atoms with Crippen LogP contribution in [0, 0.1) is 11.6 Å². The van der Waals surface area contributed by atoms with Crippen molar-refractivity contribution in [3.8, 4) is 0 Å². The molecule has 28 heavy (non-hydrogen) atoms. The maximum atomic E-state index is 14.3. The van der Waals surface area contributed by atoms with Crippen LogP contribution in [0.1, 0.15) is 30.4 Å². The minimum Gasteiger partial charge on any atom is -0.396 e. The number of rotatable bonds is 5. The van der Waals surface area contributed by atoms with E-state index < -0.39 is 23.4 Å². The Morgan fingerprint density at radius 1 is 1.25 bits per heavy atom. The maximum Gasteiger partial charge on any atom is 0.324 e. The molecule has 6 heteroatoms. The summed E-state index contributed by atoms with van der Waals surface area (Å²) in [6.07, 6.45) is 7.22. The van der Waals surface area contributed by atoms with E-state index in [1.54, 1.807) is 18.2 Å². The fraction of sp³-hybridized carbons (Fsp3) is 0.227. The van der Waals surface area contributed by atoms with Crippen LogP contribution in [0.3, 0.4) is 0 Å². The van der Waals surface area contributed by atoms with Crippen LogP contribution in [-0.2, 0) is 6.42 Å². The number of hydrogen-bond acceptors (Lipinski definition) is 2. The molecule has 2 amide bonds. The van der Waals surface area contributed by atoms with Crippen molar-refractivity contribution < 1.29 is 18.7 Å². The maximum absolute atomic E-state index is 14.3. The lowest BCUT2D eigenvalue weighted by Crippen LogP contribution is -2.33. The number of allylic oxidation sites excluding steroid dienone is 4. The van der Waals surface area contributed by atoms with Crippen LogP contribution in [0.5, 0.6) is 0 Å². The molecule has 0 saturated carbocycles. The van der Waals surface area contributed by atoms with Crippen molar-refractivity contribution in [1.82, 2.24) is 0 Å². The van der Waals surface area contributed by atoms with Gasteiger partial charge in [0.1, 0.15) is 17.3 Å². The first-order chi connectivity index (χ1) is 13.4. The number of aliphatic hydroxyl groups is 1. The Bertz CT molecular complexity index is 933. The number of halogens is 2. The molecule has 0 aliphatic heterocycles. The summed E-state index contributed by atoms with van der Waals surface area (Å²) in [4.78, 5) is 13.0. The second-order valence-electron chi connectivity index (χ2n) is 6.73. The molecule has 3 N–H and O–H groups in total. The van der Waals surface area contributed by atoms with Gasteiger partial charge in [-0.15, -0.1) is 0 Å². The van der Waals surface area contributed by atoms with Crippen LogP contribution in [0.4, 0.5) is 25.0 Å². The second-order valence-corrected chi connectivity index (χ2v) is 6.73. The molecule has 146 valence electrons. The quantitative estimate of drug-likeness (QED) is 0.784. The Kier molecular flexibility index (Phi) is 5.90. The molecular formula is C22H22F2N2O2. The predicted molar refractivity (Wildman–Crippen MR) is 106 cm³/mol. The first-order valence-corrected chi connectivity index (χ1v) is 9.04. The summed E-state index contributed by atoms with van der Waals surface area (Å²) in [7, 11) is 0. The minimum absolute atomic E-state index is 0.0286. The molecule has 0 radical (unpaired) electrons. The van der Waals surface area contributed by atoms with Crippen molar-refractivity contribution in [2.45, 2.75) is 25.7 Å². The van der Waals surface area contributed by atoms with Gasteiger partial charge in [0.25, 0.3) is 0 Å². The molecule has 0 spiro atoms. The lowest BCUT2D eigenvalue weighted by molar-refractivity contribution is 0.255. The number of benzene rings is 2. The monoisotopic (exact) mass is 384 g/mol. The molecule has 0 bridgehead atoms. The van der Waals surface area contributed by atoms with Gasteiger partial charge in [-0.1, -0.05) is 35.9 Å². The molecule has 0 heterocycles. The van der Waals surface area contributed by atoms with E-state index in [0.29, 0.717) is 6.42 Å². The number of nitrogens with two attached hydrogens (primary N) is 1. The molecule has 0 saturated heterocycles. The van der Waals surface area contributed by atoms with Crippen molar-refractivity contribution >= 4 is 17.4 Å². The van der Waals surface area contributed by atoms with E-state index >= 15 is 0 Å². The average molecular weight is 384 g/mol. The van der Waals surface area contributed by atoms with E-state index in [0.717, 1.165) is 40.2 Å². The molecular weight excluding hydrogens is 362 g/mol. The zero-order chi connectivity index (χ0) is 20.3. The van der Waals surface area contributed by atoms with E-state index in [1.807, 2.05) is 25.2 Å². The standard InChI is InChI=1S/C22H22F2N2O2/c1-14-5-2-3-6-17(14)18-13-16(10-9-15(18)11-12-27)26(22(25)28)21-19(23)7-4-8-20(21)24/h2-5,7-10,13,17,27H,6,11-12H2,1H3,(H2,25,28). The summed E-state index contributed by atoms with van der Waals surface area (Å²) >= 11 is 0. The van der Waals surface area contributed by atoms with Gasteiger partial charge in [-0.3, -0.25) is 4.90 Å². The fourth-order valence-electron chi connectivity index (χ4n) is 3.57. The SMILES string of the molecule is CC1=CC=CCC1c1cc(N(C(N)=O)c2c(F)cccc2F)ccc1CCO. The van der Waals surface area contributed by atoms with Gasteiger partial charge in [-0.2, -0.15) is 0 Å². The number of urea groups is 1. The van der Waals surface area contributed by atoms with Crippen LogP contribution in [0.15, 0.2) is 60.2 Å². The number of anilines is 2. The van der Waals surface area contributed by atoms with Gasteiger partial charge >= 0.3 is 6.03 Å². The zero-order valence-electron chi connectivity index (χ0n) is 15.5. The number of carbonyl (C=O) groups is 1. The summed E-state index contributed by atoms with van der Waals surface area (Å²) in [5, 5.41) is 9.41. The minimum atomic E-state index is -0.985. The normalized spacial score (nSPS) is 16.0. The molecule has 2 aromatic carbocycles. The first kappa shape index (κ1) is 19.8. The van der Waals surface area contributed by atoms with E-state index in [9.17, 15) is 18.7 Å². The third kappa shape index (κ3) is 3.82. The topological polar surface area (TPSA) is 66.6 Å². The van der Waals surface area contributed by atoms with Crippen molar-refractivity contribution in [2.75, 3.05) is 11.5 Å². The van der Waals surface area contributed by atoms with Gasteiger partial charge in [0.15, 0.2) is 0 Å². The highest BCUT2D eigenvalue weighted by Crippen LogP contribution is 2.38. The highest BCUT2D eigenvalue weighted by atomic mass is 19.1. The van der Waals surface area contributed by atoms with Gasteiger partial charge < -0.3 is 10.8 Å². The molecule has 2 aromatic rings. The summed E-state index contributed by atoms with van der Waals surface area (Å²) in [5.74, 6) is -1.71. The third-order valence-corrected chi connectivity index (χ3v) is 4.94. The summed E-state index contributed by atoms with van der Waals surface area (Å²) < 4.78 is 28.6. The van der Waals surface area contributed by atoms with Crippen molar-refractivity contribution in [3.05, 3.63) is 83.0 Å². The van der Waals surface area contributed by atoms with Gasteiger partial charge in [-0.25, -0.2) is 13.6 Å². The first-order valence-electron chi connectivity index (χ1n) is 9.04. The molecule has 0 fully saturated rings. The second kappa shape index (κ2) is 8.35. The van der Waals surface area contributed by atoms with Gasteiger partial charge in [0.2, 0.25) is 0 Å². The number of primary amides is 1. The number of aliphatic hydroxyl groups excluding tert-OH is 1. The Balaban J connectivity index is 2.15. The third-order valence-electron chi connectivity index (χ3n) is 4.94.